The summed E-state index contributed by atoms with van der Waals surface area (Å²) in [4.78, 5) is 58.0. The largest absolute Gasteiger partial charge is 0.495 e. The zero-order chi connectivity index (χ0) is 43.5. The minimum Gasteiger partial charge on any atom is -0.495 e. The fraction of sp³-hybridized carbons (Fsp3) is 0.391. The molecule has 17 heteroatoms. The highest BCUT2D eigenvalue weighted by Crippen LogP contribution is 2.47. The quantitative estimate of drug-likeness (QED) is 0.136. The molecule has 5 aliphatic rings. The van der Waals surface area contributed by atoms with Gasteiger partial charge < -0.3 is 34.9 Å². The SMILES string of the molecule is COc1cc2c(cc1Nc1ncnc3sc4c(c13)CC[C@](C)(C(=O)N1CCOCC1)C4)C=NC2.COc1cc2c(cc1Nc1ncnc3sc4c(c13)CC[C@](C)(C(=O)O)C4)C=NC2. The minimum absolute atomic E-state index is 0.243. The number of carbonyl (C=O) groups excluding carboxylic acids is 1. The van der Waals surface area contributed by atoms with Gasteiger partial charge in [0.1, 0.15) is 45.5 Å². The molecule has 1 saturated heterocycles. The first-order valence-corrected chi connectivity index (χ1v) is 22.7. The number of aliphatic imine (C=N–C) groups is 2. The van der Waals surface area contributed by atoms with Crippen LogP contribution in [0.15, 0.2) is 46.9 Å². The maximum atomic E-state index is 13.4. The number of fused-ring (bicyclic) bond motifs is 8. The van der Waals surface area contributed by atoms with E-state index >= 15 is 0 Å². The van der Waals surface area contributed by atoms with Crippen molar-refractivity contribution in [1.82, 2.24) is 24.8 Å². The summed E-state index contributed by atoms with van der Waals surface area (Å²) in [5.74, 6) is 2.51. The van der Waals surface area contributed by atoms with Crippen molar-refractivity contribution in [2.24, 2.45) is 20.8 Å². The summed E-state index contributed by atoms with van der Waals surface area (Å²) in [6.45, 7) is 7.90. The van der Waals surface area contributed by atoms with Crippen molar-refractivity contribution in [3.63, 3.8) is 0 Å². The van der Waals surface area contributed by atoms with Gasteiger partial charge in [-0.3, -0.25) is 19.6 Å². The Morgan fingerprint density at radius 3 is 1.71 bits per heavy atom. The first-order chi connectivity index (χ1) is 30.5. The van der Waals surface area contributed by atoms with Crippen LogP contribution in [0.1, 0.15) is 69.8 Å². The number of thiophene rings is 2. The van der Waals surface area contributed by atoms with Crippen molar-refractivity contribution in [3.05, 3.63) is 80.1 Å². The molecule has 2 atom stereocenters. The molecule has 4 aromatic heterocycles. The Hall–Kier alpha value is -6.04. The van der Waals surface area contributed by atoms with Gasteiger partial charge in [0.2, 0.25) is 5.91 Å². The highest BCUT2D eigenvalue weighted by molar-refractivity contribution is 7.19. The second-order valence-electron chi connectivity index (χ2n) is 17.2. The van der Waals surface area contributed by atoms with Gasteiger partial charge in [0, 0.05) is 35.3 Å². The van der Waals surface area contributed by atoms with Crippen molar-refractivity contribution in [1.29, 1.82) is 0 Å². The molecule has 2 aliphatic carbocycles. The molecule has 1 fully saturated rings. The molecule has 63 heavy (non-hydrogen) atoms. The summed E-state index contributed by atoms with van der Waals surface area (Å²) in [5, 5.41) is 18.6. The van der Waals surface area contributed by atoms with Gasteiger partial charge in [-0.25, -0.2) is 19.9 Å². The predicted octanol–water partition coefficient (Wildman–Crippen LogP) is 7.69. The third-order valence-electron chi connectivity index (χ3n) is 13.0. The molecule has 3 aliphatic heterocycles. The summed E-state index contributed by atoms with van der Waals surface area (Å²) in [6, 6.07) is 8.13. The molecule has 3 N–H and O–H groups in total. The molecule has 0 spiro atoms. The monoisotopic (exact) mass is 885 g/mol. The topological polar surface area (TPSA) is 186 Å². The first-order valence-electron chi connectivity index (χ1n) is 21.1. The highest BCUT2D eigenvalue weighted by atomic mass is 32.1. The fourth-order valence-corrected chi connectivity index (χ4v) is 12.1. The van der Waals surface area contributed by atoms with E-state index in [2.05, 4.69) is 53.5 Å². The maximum Gasteiger partial charge on any atom is 0.309 e. The van der Waals surface area contributed by atoms with E-state index in [-0.39, 0.29) is 5.91 Å². The minimum atomic E-state index is -0.741. The lowest BCUT2D eigenvalue weighted by atomic mass is 9.74. The summed E-state index contributed by atoms with van der Waals surface area (Å²) in [5.41, 5.74) is 7.45. The van der Waals surface area contributed by atoms with Crippen LogP contribution in [0.4, 0.5) is 23.0 Å². The van der Waals surface area contributed by atoms with E-state index in [0.717, 1.165) is 107 Å². The van der Waals surface area contributed by atoms with Crippen molar-refractivity contribution >= 4 is 90.4 Å². The molecule has 0 bridgehead atoms. The number of carboxylic acids is 1. The van der Waals surface area contributed by atoms with Gasteiger partial charge in [-0.1, -0.05) is 6.92 Å². The van der Waals surface area contributed by atoms with Crippen molar-refractivity contribution in [3.8, 4) is 11.5 Å². The Balaban J connectivity index is 0.000000152. The van der Waals surface area contributed by atoms with Crippen LogP contribution < -0.4 is 20.1 Å². The molecule has 7 heterocycles. The van der Waals surface area contributed by atoms with E-state index in [9.17, 15) is 14.7 Å². The number of morpholine rings is 1. The molecular formula is C46H47N9O6S2. The third kappa shape index (κ3) is 7.44. The van der Waals surface area contributed by atoms with E-state index in [1.54, 1.807) is 49.5 Å². The molecule has 0 radical (unpaired) electrons. The number of carbonyl (C=O) groups is 2. The third-order valence-corrected chi connectivity index (χ3v) is 15.3. The number of hydrogen-bond acceptors (Lipinski definition) is 15. The number of hydrogen-bond donors (Lipinski definition) is 3. The smallest absolute Gasteiger partial charge is 0.309 e. The zero-order valence-electron chi connectivity index (χ0n) is 35.5. The van der Waals surface area contributed by atoms with E-state index < -0.39 is 16.8 Å². The number of benzene rings is 2. The molecule has 1 amide bonds. The predicted molar refractivity (Wildman–Crippen MR) is 245 cm³/mol. The van der Waals surface area contributed by atoms with E-state index in [1.807, 2.05) is 42.5 Å². The lowest BCUT2D eigenvalue weighted by molar-refractivity contribution is -0.148. The number of aromatic nitrogens is 4. The number of amides is 1. The summed E-state index contributed by atoms with van der Waals surface area (Å²) < 4.78 is 16.7. The van der Waals surface area contributed by atoms with Crippen LogP contribution >= 0.6 is 22.7 Å². The van der Waals surface area contributed by atoms with Gasteiger partial charge in [-0.05, 0) is 103 Å². The highest BCUT2D eigenvalue weighted by Gasteiger charge is 2.42. The molecular weight excluding hydrogens is 839 g/mol. The summed E-state index contributed by atoms with van der Waals surface area (Å²) >= 11 is 3.25. The van der Waals surface area contributed by atoms with Crippen LogP contribution in [0.3, 0.4) is 0 Å². The number of aliphatic carboxylic acids is 1. The fourth-order valence-electron chi connectivity index (χ4n) is 9.34. The van der Waals surface area contributed by atoms with E-state index in [4.69, 9.17) is 14.2 Å². The Labute approximate surface area is 371 Å². The average molecular weight is 886 g/mol. The van der Waals surface area contributed by atoms with Gasteiger partial charge >= 0.3 is 5.97 Å². The van der Waals surface area contributed by atoms with Crippen LogP contribution in [0.25, 0.3) is 20.4 Å². The number of nitrogens with zero attached hydrogens (tertiary/aromatic N) is 7. The van der Waals surface area contributed by atoms with Gasteiger partial charge in [0.25, 0.3) is 0 Å². The number of carboxylic acid groups (broad SMARTS) is 1. The molecule has 324 valence electrons. The van der Waals surface area contributed by atoms with E-state index in [1.165, 1.54) is 10.4 Å². The number of nitrogens with one attached hydrogen (secondary N) is 2. The number of ether oxygens (including phenoxy) is 3. The Morgan fingerprint density at radius 1 is 0.730 bits per heavy atom. The van der Waals surface area contributed by atoms with Gasteiger partial charge in [-0.15, -0.1) is 22.7 Å². The average Bonchev–Trinajstić information content (AvgIpc) is 4.10. The van der Waals surface area contributed by atoms with Crippen LogP contribution in [-0.2, 0) is 53.1 Å². The second-order valence-corrected chi connectivity index (χ2v) is 19.4. The molecule has 6 aromatic rings. The number of rotatable bonds is 8. The summed E-state index contributed by atoms with van der Waals surface area (Å²) in [6.07, 6.45) is 11.1. The van der Waals surface area contributed by atoms with Crippen molar-refractivity contribution in [2.75, 3.05) is 51.2 Å². The normalized spacial score (nSPS) is 20.7. The lowest BCUT2D eigenvalue weighted by Gasteiger charge is -2.38. The van der Waals surface area contributed by atoms with Gasteiger partial charge in [0.15, 0.2) is 0 Å². The van der Waals surface area contributed by atoms with Crippen molar-refractivity contribution in [2.45, 2.75) is 65.5 Å². The Bertz CT molecular complexity index is 2890. The Morgan fingerprint density at radius 2 is 1.22 bits per heavy atom. The van der Waals surface area contributed by atoms with Crippen LogP contribution in [-0.4, -0.2) is 94.8 Å². The first kappa shape index (κ1) is 41.0. The van der Waals surface area contributed by atoms with Crippen LogP contribution in [0.2, 0.25) is 0 Å². The number of methoxy groups -OCH3 is 2. The number of aryl methyl sites for hydroxylation is 2. The standard InChI is InChI=1S/C25H27N5O3S.C21H20N4O3S/c1-25(24(31)30-5-7-33-8-6-30)4-3-17-20(11-25)34-23-21(17)22(27-14-28-23)29-18-9-15-12-26-13-16(15)10-19(18)32-2;1-21(20(26)27)4-3-13-16(7-21)29-19-17(13)18(23-10-24-19)25-14-5-11-8-22-9-12(11)6-15(14)28-2/h9-10,12,14H,3-8,11,13H2,1-2H3,(H,27,28,29);5-6,8,10H,3-4,7,9H2,1-2H3,(H,26,27)(H,23,24,25)/t25-;21-/m00/s1. The molecule has 2 aromatic carbocycles. The second kappa shape index (κ2) is 16.3. The van der Waals surface area contributed by atoms with Crippen molar-refractivity contribution < 1.29 is 28.9 Å². The van der Waals surface area contributed by atoms with E-state index in [0.29, 0.717) is 58.7 Å². The maximum absolute atomic E-state index is 13.4. The zero-order valence-corrected chi connectivity index (χ0v) is 37.2. The molecule has 15 nitrogen and oxygen atoms in total. The number of anilines is 4. The van der Waals surface area contributed by atoms with Crippen LogP contribution in [0.5, 0.6) is 11.5 Å². The molecule has 0 saturated carbocycles. The lowest BCUT2D eigenvalue weighted by Crippen LogP contribution is -2.49. The summed E-state index contributed by atoms with van der Waals surface area (Å²) in [7, 11) is 3.33. The van der Waals surface area contributed by atoms with Gasteiger partial charge in [-0.2, -0.15) is 0 Å². The van der Waals surface area contributed by atoms with Gasteiger partial charge in [0.05, 0.1) is 73.5 Å². The van der Waals surface area contributed by atoms with Crippen LogP contribution in [0, 0.1) is 10.8 Å². The molecule has 0 unspecified atom stereocenters. The molecule has 11 rings (SSSR count). The Kier molecular flexibility index (Phi) is 10.6.